The first-order chi connectivity index (χ1) is 13.2. The summed E-state index contributed by atoms with van der Waals surface area (Å²) >= 11 is 1.37. The van der Waals surface area contributed by atoms with E-state index in [9.17, 15) is 9.18 Å². The van der Waals surface area contributed by atoms with Gasteiger partial charge in [-0.2, -0.15) is 0 Å². The Morgan fingerprint density at radius 2 is 1.85 bits per heavy atom. The second-order valence-corrected chi connectivity index (χ2v) is 7.19. The highest BCUT2D eigenvalue weighted by Crippen LogP contribution is 2.22. The molecule has 1 saturated heterocycles. The van der Waals surface area contributed by atoms with Gasteiger partial charge in [0.05, 0.1) is 0 Å². The highest BCUT2D eigenvalue weighted by molar-refractivity contribution is 7.13. The third kappa shape index (κ3) is 4.11. The number of amides is 1. The number of thiazole rings is 1. The average Bonchev–Trinajstić information content (AvgIpc) is 3.21. The fourth-order valence-corrected chi connectivity index (χ4v) is 3.79. The van der Waals surface area contributed by atoms with Crippen LogP contribution in [0.3, 0.4) is 0 Å². The molecule has 27 heavy (non-hydrogen) atoms. The molecule has 0 unspecified atom stereocenters. The van der Waals surface area contributed by atoms with Crippen molar-refractivity contribution in [3.05, 3.63) is 59.6 Å². The lowest BCUT2D eigenvalue weighted by Crippen LogP contribution is -2.42. The van der Waals surface area contributed by atoms with Crippen molar-refractivity contribution in [2.75, 3.05) is 18.4 Å². The van der Waals surface area contributed by atoms with Gasteiger partial charge in [0, 0.05) is 42.6 Å². The van der Waals surface area contributed by atoms with E-state index >= 15 is 0 Å². The molecule has 1 amide bonds. The molecule has 3 heterocycles. The normalized spacial score (nSPS) is 14.9. The van der Waals surface area contributed by atoms with Gasteiger partial charge in [-0.1, -0.05) is 0 Å². The number of carbonyl (C=O) groups excluding carboxylic acids is 1. The monoisotopic (exact) mass is 383 g/mol. The number of piperidine rings is 1. The number of anilines is 1. The van der Waals surface area contributed by atoms with Crippen LogP contribution in [0.5, 0.6) is 0 Å². The van der Waals surface area contributed by atoms with Crippen LogP contribution in [0.1, 0.15) is 23.3 Å². The van der Waals surface area contributed by atoms with Crippen LogP contribution in [-0.4, -0.2) is 44.9 Å². The van der Waals surface area contributed by atoms with Crippen LogP contribution < -0.4 is 5.32 Å². The Morgan fingerprint density at radius 3 is 2.56 bits per heavy atom. The Morgan fingerprint density at radius 1 is 1.15 bits per heavy atom. The molecule has 8 heteroatoms. The number of rotatable bonds is 4. The number of halogens is 1. The molecule has 0 spiro atoms. The lowest BCUT2D eigenvalue weighted by molar-refractivity contribution is 0.0713. The zero-order valence-corrected chi connectivity index (χ0v) is 15.3. The van der Waals surface area contributed by atoms with Gasteiger partial charge in [0.2, 0.25) is 0 Å². The molecule has 0 aliphatic carbocycles. The molecule has 0 saturated carbocycles. The van der Waals surface area contributed by atoms with Gasteiger partial charge in [0.25, 0.3) is 5.91 Å². The van der Waals surface area contributed by atoms with Crippen molar-refractivity contribution in [2.24, 2.45) is 0 Å². The predicted molar refractivity (Wildman–Crippen MR) is 102 cm³/mol. The highest BCUT2D eigenvalue weighted by Gasteiger charge is 2.25. The molecular formula is C19H18FN5OS. The highest BCUT2D eigenvalue weighted by atomic mass is 32.1. The van der Waals surface area contributed by atoms with Crippen LogP contribution in [0.2, 0.25) is 0 Å². The van der Waals surface area contributed by atoms with E-state index in [1.165, 1.54) is 23.5 Å². The van der Waals surface area contributed by atoms with Gasteiger partial charge in [-0.15, -0.1) is 11.3 Å². The first kappa shape index (κ1) is 17.5. The fraction of sp³-hybridized carbons (Fsp3) is 0.263. The van der Waals surface area contributed by atoms with Crippen molar-refractivity contribution in [1.82, 2.24) is 19.9 Å². The van der Waals surface area contributed by atoms with Crippen molar-refractivity contribution in [2.45, 2.75) is 18.9 Å². The molecular weight excluding hydrogens is 365 g/mol. The van der Waals surface area contributed by atoms with E-state index in [1.807, 2.05) is 4.90 Å². The number of nitrogens with one attached hydrogen (secondary N) is 1. The van der Waals surface area contributed by atoms with Gasteiger partial charge in [0.1, 0.15) is 11.5 Å². The molecule has 3 aromatic rings. The Balaban J connectivity index is 1.35. The number of hydrogen-bond acceptors (Lipinski definition) is 6. The molecule has 1 N–H and O–H groups in total. The van der Waals surface area contributed by atoms with Crippen LogP contribution in [0.25, 0.3) is 10.8 Å². The van der Waals surface area contributed by atoms with E-state index in [-0.39, 0.29) is 17.8 Å². The van der Waals surface area contributed by atoms with Gasteiger partial charge in [-0.3, -0.25) is 4.79 Å². The number of carbonyl (C=O) groups is 1. The number of aromatic nitrogens is 3. The third-order valence-corrected chi connectivity index (χ3v) is 5.32. The molecule has 6 nitrogen and oxygen atoms in total. The molecule has 0 bridgehead atoms. The maximum atomic E-state index is 13.0. The first-order valence-electron chi connectivity index (χ1n) is 8.73. The molecule has 138 valence electrons. The van der Waals surface area contributed by atoms with Gasteiger partial charge in [0.15, 0.2) is 10.8 Å². The van der Waals surface area contributed by atoms with Gasteiger partial charge >= 0.3 is 0 Å². The summed E-state index contributed by atoms with van der Waals surface area (Å²) in [6.45, 7) is 1.32. The van der Waals surface area contributed by atoms with E-state index < -0.39 is 0 Å². The summed E-state index contributed by atoms with van der Waals surface area (Å²) in [4.78, 5) is 27.3. The molecule has 0 atom stereocenters. The van der Waals surface area contributed by atoms with Gasteiger partial charge < -0.3 is 10.2 Å². The quantitative estimate of drug-likeness (QED) is 0.747. The summed E-state index contributed by atoms with van der Waals surface area (Å²) in [5.41, 5.74) is 1.33. The number of nitrogens with zero attached hydrogens (tertiary/aromatic N) is 4. The Kier molecular flexibility index (Phi) is 5.06. The molecule has 1 fully saturated rings. The molecule has 4 rings (SSSR count). The van der Waals surface area contributed by atoms with E-state index in [4.69, 9.17) is 0 Å². The maximum Gasteiger partial charge on any atom is 0.273 e. The molecule has 2 aromatic heterocycles. The Labute approximate surface area is 160 Å². The van der Waals surface area contributed by atoms with Gasteiger partial charge in [-0.05, 0) is 43.2 Å². The van der Waals surface area contributed by atoms with Crippen molar-refractivity contribution in [1.29, 1.82) is 0 Å². The van der Waals surface area contributed by atoms with Crippen LogP contribution >= 0.6 is 11.3 Å². The summed E-state index contributed by atoms with van der Waals surface area (Å²) in [6, 6.07) is 8.36. The second-order valence-electron chi connectivity index (χ2n) is 6.33. The average molecular weight is 383 g/mol. The molecule has 1 aliphatic rings. The summed E-state index contributed by atoms with van der Waals surface area (Å²) in [5.74, 6) is 0.224. The van der Waals surface area contributed by atoms with E-state index in [0.29, 0.717) is 29.6 Å². The summed E-state index contributed by atoms with van der Waals surface area (Å²) in [5, 5.41) is 5.80. The molecule has 1 aromatic carbocycles. The van der Waals surface area contributed by atoms with Crippen molar-refractivity contribution in [3.63, 3.8) is 0 Å². The van der Waals surface area contributed by atoms with Crippen molar-refractivity contribution in [3.8, 4) is 10.8 Å². The summed E-state index contributed by atoms with van der Waals surface area (Å²) in [6.07, 6.45) is 4.98. The molecule has 0 radical (unpaired) electrons. The fourth-order valence-electron chi connectivity index (χ4n) is 3.05. The standard InChI is InChI=1S/C19H18FN5OS/c20-13-2-4-14(5-3-13)23-15-6-10-25(11-7-15)19(26)16-12-27-18(24-16)17-21-8-1-9-22-17/h1-5,8-9,12,15,23H,6-7,10-11H2. The SMILES string of the molecule is O=C(c1csc(-c2ncccn2)n1)N1CCC(Nc2ccc(F)cc2)CC1. The van der Waals surface area contributed by atoms with Crippen LogP contribution in [-0.2, 0) is 0 Å². The largest absolute Gasteiger partial charge is 0.382 e. The van der Waals surface area contributed by atoms with Crippen molar-refractivity contribution < 1.29 is 9.18 Å². The van der Waals surface area contributed by atoms with Crippen LogP contribution in [0.15, 0.2) is 48.1 Å². The smallest absolute Gasteiger partial charge is 0.273 e. The summed E-state index contributed by atoms with van der Waals surface area (Å²) < 4.78 is 13.0. The van der Waals surface area contributed by atoms with E-state index in [1.54, 1.807) is 36.0 Å². The maximum absolute atomic E-state index is 13.0. The van der Waals surface area contributed by atoms with Crippen molar-refractivity contribution >= 4 is 22.9 Å². The summed E-state index contributed by atoms with van der Waals surface area (Å²) in [7, 11) is 0. The minimum Gasteiger partial charge on any atom is -0.382 e. The van der Waals surface area contributed by atoms with E-state index in [0.717, 1.165) is 18.5 Å². The topological polar surface area (TPSA) is 71.0 Å². The lowest BCUT2D eigenvalue weighted by Gasteiger charge is -2.32. The first-order valence-corrected chi connectivity index (χ1v) is 9.61. The zero-order valence-electron chi connectivity index (χ0n) is 14.5. The number of hydrogen-bond donors (Lipinski definition) is 1. The number of benzene rings is 1. The molecule has 1 aliphatic heterocycles. The Bertz CT molecular complexity index is 907. The Hall–Kier alpha value is -2.87. The van der Waals surface area contributed by atoms with Crippen LogP contribution in [0.4, 0.5) is 10.1 Å². The minimum atomic E-state index is -0.246. The van der Waals surface area contributed by atoms with Crippen LogP contribution in [0, 0.1) is 5.82 Å². The third-order valence-electron chi connectivity index (χ3n) is 4.48. The number of likely N-dealkylation sites (tertiary alicyclic amines) is 1. The minimum absolute atomic E-state index is 0.0614. The lowest BCUT2D eigenvalue weighted by atomic mass is 10.0. The predicted octanol–water partition coefficient (Wildman–Crippen LogP) is 3.46. The second kappa shape index (κ2) is 7.79. The zero-order chi connectivity index (χ0) is 18.6. The van der Waals surface area contributed by atoms with E-state index in [2.05, 4.69) is 20.3 Å². The van der Waals surface area contributed by atoms with Gasteiger partial charge in [-0.25, -0.2) is 19.3 Å².